The minimum atomic E-state index is -4.51. The van der Waals surface area contributed by atoms with E-state index in [1.165, 1.54) is 32.6 Å². The van der Waals surface area contributed by atoms with Crippen molar-refractivity contribution in [3.63, 3.8) is 0 Å². The SMILES string of the molecule is CO/C=C(/C(=O)OC)c1ccccc1COc1ccc(N(C)CC2CC2)c(C(F)(F)F)c1. The standard InChI is InChI=1S/C24H26F3NO4/c1-28(13-16-8-9-16)22-11-10-18(12-21(22)24(25,26)27)32-14-17-6-4-5-7-19(17)20(15-30-2)23(29)31-3/h4-7,10-12,15-16H,8-9,13-14H2,1-3H3/b20-15+. The average molecular weight is 449 g/mol. The van der Waals surface area contributed by atoms with E-state index < -0.39 is 17.7 Å². The number of halogens is 3. The van der Waals surface area contributed by atoms with Gasteiger partial charge in [0.05, 0.1) is 26.0 Å². The van der Waals surface area contributed by atoms with Crippen molar-refractivity contribution < 1.29 is 32.2 Å². The molecule has 3 rings (SSSR count). The molecule has 172 valence electrons. The number of anilines is 1. The second-order valence-corrected chi connectivity index (χ2v) is 7.71. The van der Waals surface area contributed by atoms with E-state index in [0.717, 1.165) is 18.9 Å². The third-order valence-electron chi connectivity index (χ3n) is 5.26. The summed E-state index contributed by atoms with van der Waals surface area (Å²) in [5, 5.41) is 0. The van der Waals surface area contributed by atoms with Crippen LogP contribution < -0.4 is 9.64 Å². The molecule has 1 aliphatic carbocycles. The second kappa shape index (κ2) is 9.97. The van der Waals surface area contributed by atoms with Crippen LogP contribution in [0.25, 0.3) is 5.57 Å². The van der Waals surface area contributed by atoms with E-state index >= 15 is 0 Å². The topological polar surface area (TPSA) is 48.0 Å². The zero-order valence-corrected chi connectivity index (χ0v) is 18.2. The molecule has 0 unspecified atom stereocenters. The van der Waals surface area contributed by atoms with Crippen LogP contribution in [-0.4, -0.2) is 33.8 Å². The fraction of sp³-hybridized carbons (Fsp3) is 0.375. The lowest BCUT2D eigenvalue weighted by molar-refractivity contribution is -0.137. The Balaban J connectivity index is 1.84. The van der Waals surface area contributed by atoms with E-state index in [1.54, 1.807) is 36.2 Å². The van der Waals surface area contributed by atoms with E-state index in [2.05, 4.69) is 0 Å². The van der Waals surface area contributed by atoms with Crippen LogP contribution in [0.3, 0.4) is 0 Å². The molecule has 0 saturated heterocycles. The van der Waals surface area contributed by atoms with E-state index in [9.17, 15) is 18.0 Å². The van der Waals surface area contributed by atoms with Crippen molar-refractivity contribution in [1.29, 1.82) is 0 Å². The summed E-state index contributed by atoms with van der Waals surface area (Å²) >= 11 is 0. The maximum Gasteiger partial charge on any atom is 0.418 e. The van der Waals surface area contributed by atoms with Gasteiger partial charge in [-0.3, -0.25) is 0 Å². The molecule has 2 aromatic rings. The highest BCUT2D eigenvalue weighted by atomic mass is 19.4. The molecule has 32 heavy (non-hydrogen) atoms. The molecule has 0 aliphatic heterocycles. The first-order chi connectivity index (χ1) is 15.2. The second-order valence-electron chi connectivity index (χ2n) is 7.71. The lowest BCUT2D eigenvalue weighted by atomic mass is 10.0. The first-order valence-corrected chi connectivity index (χ1v) is 10.2. The van der Waals surface area contributed by atoms with Crippen molar-refractivity contribution in [3.05, 3.63) is 65.4 Å². The number of hydrogen-bond donors (Lipinski definition) is 0. The summed E-state index contributed by atoms with van der Waals surface area (Å²) in [4.78, 5) is 13.8. The molecule has 1 saturated carbocycles. The Morgan fingerprint density at radius 3 is 2.50 bits per heavy atom. The quantitative estimate of drug-likeness (QED) is 0.296. The van der Waals surface area contributed by atoms with Crippen LogP contribution in [0.2, 0.25) is 0 Å². The van der Waals surface area contributed by atoms with Gasteiger partial charge in [-0.25, -0.2) is 4.79 Å². The Labute approximate surface area is 185 Å². The van der Waals surface area contributed by atoms with Crippen LogP contribution in [0.15, 0.2) is 48.7 Å². The van der Waals surface area contributed by atoms with Gasteiger partial charge in [0, 0.05) is 19.3 Å². The lowest BCUT2D eigenvalue weighted by Gasteiger charge is -2.24. The van der Waals surface area contributed by atoms with Crippen LogP contribution in [-0.2, 0) is 27.1 Å². The van der Waals surface area contributed by atoms with Crippen molar-refractivity contribution >= 4 is 17.2 Å². The molecule has 0 heterocycles. The summed E-state index contributed by atoms with van der Waals surface area (Å²) in [7, 11) is 4.34. The number of alkyl halides is 3. The molecule has 0 spiro atoms. The summed E-state index contributed by atoms with van der Waals surface area (Å²) < 4.78 is 56.7. The number of hydrogen-bond acceptors (Lipinski definition) is 5. The number of benzene rings is 2. The van der Waals surface area contributed by atoms with Crippen LogP contribution in [0.5, 0.6) is 5.75 Å². The maximum absolute atomic E-state index is 13.7. The number of ether oxygens (including phenoxy) is 3. The van der Waals surface area contributed by atoms with Crippen molar-refractivity contribution in [1.82, 2.24) is 0 Å². The lowest BCUT2D eigenvalue weighted by Crippen LogP contribution is -2.23. The molecule has 8 heteroatoms. The van der Waals surface area contributed by atoms with Gasteiger partial charge in [0.2, 0.25) is 0 Å². The third-order valence-corrected chi connectivity index (χ3v) is 5.26. The van der Waals surface area contributed by atoms with Gasteiger partial charge in [-0.15, -0.1) is 0 Å². The summed E-state index contributed by atoms with van der Waals surface area (Å²) in [5.41, 5.74) is 0.694. The highest BCUT2D eigenvalue weighted by Gasteiger charge is 2.36. The maximum atomic E-state index is 13.7. The van der Waals surface area contributed by atoms with E-state index in [0.29, 0.717) is 23.6 Å². The van der Waals surface area contributed by atoms with Gasteiger partial charge in [0.15, 0.2) is 0 Å². The van der Waals surface area contributed by atoms with Crippen LogP contribution in [0, 0.1) is 5.92 Å². The minimum Gasteiger partial charge on any atom is -0.503 e. The molecule has 0 N–H and O–H groups in total. The third kappa shape index (κ3) is 5.75. The van der Waals surface area contributed by atoms with Crippen LogP contribution in [0.4, 0.5) is 18.9 Å². The number of carbonyl (C=O) groups excluding carboxylic acids is 1. The van der Waals surface area contributed by atoms with Gasteiger partial charge in [-0.05, 0) is 48.1 Å². The Kier molecular flexibility index (Phi) is 7.33. The number of methoxy groups -OCH3 is 2. The summed E-state index contributed by atoms with van der Waals surface area (Å²) in [6.07, 6.45) is -1.14. The van der Waals surface area contributed by atoms with Gasteiger partial charge < -0.3 is 19.1 Å². The fourth-order valence-corrected chi connectivity index (χ4v) is 3.47. The number of carbonyl (C=O) groups is 1. The Morgan fingerprint density at radius 1 is 1.16 bits per heavy atom. The fourth-order valence-electron chi connectivity index (χ4n) is 3.47. The Hall–Kier alpha value is -3.16. The van der Waals surface area contributed by atoms with Crippen LogP contribution >= 0.6 is 0 Å². The summed E-state index contributed by atoms with van der Waals surface area (Å²) in [5.74, 6) is -0.0505. The Morgan fingerprint density at radius 2 is 1.88 bits per heavy atom. The molecule has 1 fully saturated rings. The first kappa shape index (κ1) is 23.5. The van der Waals surface area contributed by atoms with Gasteiger partial charge in [0.1, 0.15) is 17.9 Å². The molecule has 0 atom stereocenters. The normalized spacial score (nSPS) is 14.1. The van der Waals surface area contributed by atoms with Crippen LogP contribution in [0.1, 0.15) is 29.5 Å². The number of nitrogens with zero attached hydrogens (tertiary/aromatic N) is 1. The first-order valence-electron chi connectivity index (χ1n) is 10.2. The molecular formula is C24H26F3NO4. The smallest absolute Gasteiger partial charge is 0.418 e. The van der Waals surface area contributed by atoms with E-state index in [1.807, 2.05) is 0 Å². The highest BCUT2D eigenvalue weighted by molar-refractivity contribution is 6.16. The van der Waals surface area contributed by atoms with Gasteiger partial charge in [0.25, 0.3) is 0 Å². The monoisotopic (exact) mass is 449 g/mol. The largest absolute Gasteiger partial charge is 0.503 e. The van der Waals surface area contributed by atoms with Crippen molar-refractivity contribution in [3.8, 4) is 5.75 Å². The zero-order valence-electron chi connectivity index (χ0n) is 18.2. The Bertz CT molecular complexity index is 983. The predicted molar refractivity (Wildman–Crippen MR) is 115 cm³/mol. The van der Waals surface area contributed by atoms with Gasteiger partial charge in [-0.1, -0.05) is 24.3 Å². The molecule has 1 aliphatic rings. The van der Waals surface area contributed by atoms with E-state index in [-0.39, 0.29) is 23.6 Å². The molecule has 0 amide bonds. The van der Waals surface area contributed by atoms with Crippen molar-refractivity contribution in [2.75, 3.05) is 32.7 Å². The summed E-state index contributed by atoms with van der Waals surface area (Å²) in [6, 6.07) is 10.9. The van der Waals surface area contributed by atoms with Gasteiger partial charge in [-0.2, -0.15) is 13.2 Å². The molecular weight excluding hydrogens is 423 g/mol. The molecule has 5 nitrogen and oxygen atoms in total. The molecule has 0 bridgehead atoms. The average Bonchev–Trinajstić information content (AvgIpc) is 3.59. The van der Waals surface area contributed by atoms with Gasteiger partial charge >= 0.3 is 12.1 Å². The molecule has 0 radical (unpaired) electrons. The van der Waals surface area contributed by atoms with E-state index in [4.69, 9.17) is 14.2 Å². The predicted octanol–water partition coefficient (Wildman–Crippen LogP) is 5.29. The minimum absolute atomic E-state index is 0.0389. The molecule has 0 aromatic heterocycles. The summed E-state index contributed by atoms with van der Waals surface area (Å²) in [6.45, 7) is 0.557. The van der Waals surface area contributed by atoms with Crippen molar-refractivity contribution in [2.24, 2.45) is 5.92 Å². The zero-order chi connectivity index (χ0) is 23.3. The number of esters is 1. The molecule has 2 aromatic carbocycles. The highest BCUT2D eigenvalue weighted by Crippen LogP contribution is 2.40. The van der Waals surface area contributed by atoms with Crippen molar-refractivity contribution in [2.45, 2.75) is 25.6 Å². The number of rotatable bonds is 9.